The molecule has 0 saturated heterocycles. The fourth-order valence-electron chi connectivity index (χ4n) is 2.38. The topological polar surface area (TPSA) is 84.6 Å². The third-order valence-electron chi connectivity index (χ3n) is 3.18. The number of carbonyl (C=O) groups excluding carboxylic acids is 1. The highest BCUT2D eigenvalue weighted by atomic mass is 16.6. The fraction of sp³-hybridized carbons (Fsp3) is 0.429. The molecule has 0 heterocycles. The first kappa shape index (κ1) is 14.2. The molecule has 1 saturated carbocycles. The zero-order valence-electron chi connectivity index (χ0n) is 11.5. The van der Waals surface area contributed by atoms with Crippen molar-refractivity contribution in [3.05, 3.63) is 34.4 Å². The van der Waals surface area contributed by atoms with Gasteiger partial charge in [0.05, 0.1) is 10.6 Å². The lowest BCUT2D eigenvalue weighted by Gasteiger charge is -2.29. The minimum absolute atomic E-state index is 0.0391. The summed E-state index contributed by atoms with van der Waals surface area (Å²) in [5.74, 6) is 0.200. The van der Waals surface area contributed by atoms with Crippen LogP contribution in [0.3, 0.4) is 0 Å². The lowest BCUT2D eigenvalue weighted by molar-refractivity contribution is -0.384. The Morgan fingerprint density at radius 1 is 1.25 bits per heavy atom. The van der Waals surface area contributed by atoms with Crippen LogP contribution in [0, 0.1) is 15.5 Å². The van der Waals surface area contributed by atoms with Gasteiger partial charge in [-0.1, -0.05) is 13.8 Å². The first-order valence-corrected chi connectivity index (χ1v) is 6.43. The van der Waals surface area contributed by atoms with E-state index < -0.39 is 4.92 Å². The third kappa shape index (κ3) is 3.63. The van der Waals surface area contributed by atoms with Gasteiger partial charge in [0.2, 0.25) is 0 Å². The molecule has 0 radical (unpaired) electrons. The van der Waals surface area contributed by atoms with Crippen LogP contribution in [0.25, 0.3) is 0 Å². The Morgan fingerprint density at radius 3 is 2.45 bits per heavy atom. The van der Waals surface area contributed by atoms with Gasteiger partial charge in [-0.2, -0.15) is 5.10 Å². The van der Waals surface area contributed by atoms with Crippen molar-refractivity contribution in [3.63, 3.8) is 0 Å². The second-order valence-corrected chi connectivity index (χ2v) is 5.83. The van der Waals surface area contributed by atoms with Crippen LogP contribution >= 0.6 is 0 Å². The maximum absolute atomic E-state index is 11.6. The molecule has 1 aromatic rings. The van der Waals surface area contributed by atoms with E-state index in [-0.39, 0.29) is 16.9 Å². The van der Waals surface area contributed by atoms with Gasteiger partial charge in [0.15, 0.2) is 0 Å². The number of nitrogens with one attached hydrogen (secondary N) is 1. The summed E-state index contributed by atoms with van der Waals surface area (Å²) in [7, 11) is 0. The molecule has 106 valence electrons. The van der Waals surface area contributed by atoms with E-state index in [1.807, 2.05) is 13.8 Å². The summed E-state index contributed by atoms with van der Waals surface area (Å²) < 4.78 is 0. The maximum atomic E-state index is 11.6. The predicted octanol–water partition coefficient (Wildman–Crippen LogP) is 3.14. The van der Waals surface area contributed by atoms with Crippen molar-refractivity contribution in [1.82, 2.24) is 0 Å². The molecule has 20 heavy (non-hydrogen) atoms. The molecular formula is C14H17N3O3. The van der Waals surface area contributed by atoms with Gasteiger partial charge in [0.1, 0.15) is 5.78 Å². The molecule has 0 spiro atoms. The highest BCUT2D eigenvalue weighted by molar-refractivity contribution is 6.05. The van der Waals surface area contributed by atoms with Gasteiger partial charge in [0, 0.05) is 30.7 Å². The normalized spacial score (nSPS) is 19.9. The Bertz CT molecular complexity index is 562. The monoisotopic (exact) mass is 275 g/mol. The van der Waals surface area contributed by atoms with Crippen molar-refractivity contribution in [2.75, 3.05) is 5.43 Å². The van der Waals surface area contributed by atoms with Gasteiger partial charge in [-0.05, 0) is 24.0 Å². The molecule has 1 N–H and O–H groups in total. The Balaban J connectivity index is 2.05. The fourth-order valence-corrected chi connectivity index (χ4v) is 2.38. The quantitative estimate of drug-likeness (QED) is 0.678. The lowest BCUT2D eigenvalue weighted by Crippen LogP contribution is -2.29. The van der Waals surface area contributed by atoms with E-state index in [1.165, 1.54) is 12.1 Å². The number of ketones is 1. The average Bonchev–Trinajstić information content (AvgIpc) is 2.34. The molecule has 2 rings (SSSR count). The third-order valence-corrected chi connectivity index (χ3v) is 3.18. The summed E-state index contributed by atoms with van der Waals surface area (Å²) in [6.45, 7) is 4.09. The molecular weight excluding hydrogens is 258 g/mol. The van der Waals surface area contributed by atoms with E-state index in [0.29, 0.717) is 18.5 Å². The number of nitrogens with zero attached hydrogens (tertiary/aromatic N) is 2. The second-order valence-electron chi connectivity index (χ2n) is 5.83. The van der Waals surface area contributed by atoms with Crippen molar-refractivity contribution < 1.29 is 9.72 Å². The highest BCUT2D eigenvalue weighted by Gasteiger charge is 2.30. The van der Waals surface area contributed by atoms with Crippen molar-refractivity contribution in [2.24, 2.45) is 10.5 Å². The van der Waals surface area contributed by atoms with Gasteiger partial charge in [-0.3, -0.25) is 20.3 Å². The van der Waals surface area contributed by atoms with E-state index in [0.717, 1.165) is 12.1 Å². The van der Waals surface area contributed by atoms with Crippen LogP contribution in [0.15, 0.2) is 29.4 Å². The molecule has 1 fully saturated rings. The van der Waals surface area contributed by atoms with Gasteiger partial charge < -0.3 is 0 Å². The van der Waals surface area contributed by atoms with Crippen molar-refractivity contribution in [1.29, 1.82) is 0 Å². The van der Waals surface area contributed by atoms with Gasteiger partial charge in [-0.15, -0.1) is 0 Å². The minimum Gasteiger partial charge on any atom is -0.299 e. The van der Waals surface area contributed by atoms with Crippen molar-refractivity contribution in [3.8, 4) is 0 Å². The van der Waals surface area contributed by atoms with Crippen LogP contribution in [0.5, 0.6) is 0 Å². The molecule has 6 nitrogen and oxygen atoms in total. The van der Waals surface area contributed by atoms with Crippen LogP contribution in [0.1, 0.15) is 33.1 Å². The molecule has 0 aromatic heterocycles. The van der Waals surface area contributed by atoms with E-state index in [1.54, 1.807) is 12.1 Å². The Kier molecular flexibility index (Phi) is 3.83. The second kappa shape index (κ2) is 5.40. The predicted molar refractivity (Wildman–Crippen MR) is 76.8 cm³/mol. The van der Waals surface area contributed by atoms with Gasteiger partial charge in [-0.25, -0.2) is 0 Å². The largest absolute Gasteiger partial charge is 0.299 e. The number of nitro benzene ring substituents is 1. The summed E-state index contributed by atoms with van der Waals surface area (Å²) >= 11 is 0. The summed E-state index contributed by atoms with van der Waals surface area (Å²) in [5, 5.41) is 14.8. The molecule has 0 aliphatic heterocycles. The molecule has 0 amide bonds. The average molecular weight is 275 g/mol. The highest BCUT2D eigenvalue weighted by Crippen LogP contribution is 2.31. The number of hydrogen-bond donors (Lipinski definition) is 1. The Hall–Kier alpha value is -2.24. The van der Waals surface area contributed by atoms with Crippen LogP contribution in [-0.2, 0) is 4.79 Å². The standard InChI is InChI=1S/C14H17N3O3/c1-14(2)8-11(7-13(18)9-14)16-15-10-3-5-12(6-4-10)17(19)20/h3-6,15H,7-9H2,1-2H3. The van der Waals surface area contributed by atoms with Crippen LogP contribution in [-0.4, -0.2) is 16.4 Å². The lowest BCUT2D eigenvalue weighted by atomic mass is 9.76. The Labute approximate surface area is 117 Å². The van der Waals surface area contributed by atoms with Crippen LogP contribution < -0.4 is 5.43 Å². The molecule has 0 atom stereocenters. The summed E-state index contributed by atoms with van der Waals surface area (Å²) in [6, 6.07) is 6.02. The minimum atomic E-state index is -0.446. The SMILES string of the molecule is CC1(C)CC(=O)CC(=NNc2ccc([N+](=O)[O-])cc2)C1. The van der Waals surface area contributed by atoms with Crippen LogP contribution in [0.4, 0.5) is 11.4 Å². The summed E-state index contributed by atoms with van der Waals surface area (Å²) in [6.07, 6.45) is 1.74. The van der Waals surface area contributed by atoms with Crippen LogP contribution in [0.2, 0.25) is 0 Å². The number of carbonyl (C=O) groups is 1. The van der Waals surface area contributed by atoms with E-state index in [9.17, 15) is 14.9 Å². The number of hydrazone groups is 1. The first-order valence-electron chi connectivity index (χ1n) is 6.43. The number of non-ortho nitro benzene ring substituents is 1. The first-order chi connectivity index (χ1) is 9.35. The van der Waals surface area contributed by atoms with E-state index >= 15 is 0 Å². The number of rotatable bonds is 3. The maximum Gasteiger partial charge on any atom is 0.269 e. The van der Waals surface area contributed by atoms with Gasteiger partial charge >= 0.3 is 0 Å². The smallest absolute Gasteiger partial charge is 0.269 e. The van der Waals surface area contributed by atoms with Gasteiger partial charge in [0.25, 0.3) is 5.69 Å². The molecule has 0 unspecified atom stereocenters. The van der Waals surface area contributed by atoms with E-state index in [4.69, 9.17) is 0 Å². The zero-order chi connectivity index (χ0) is 14.8. The molecule has 1 aliphatic rings. The molecule has 1 aromatic carbocycles. The number of hydrogen-bond acceptors (Lipinski definition) is 5. The molecule has 6 heteroatoms. The molecule has 0 bridgehead atoms. The number of anilines is 1. The summed E-state index contributed by atoms with van der Waals surface area (Å²) in [4.78, 5) is 21.7. The number of Topliss-reactive ketones (excluding diaryl/α,β-unsaturated/α-hetero) is 1. The van der Waals surface area contributed by atoms with Crippen molar-refractivity contribution in [2.45, 2.75) is 33.1 Å². The van der Waals surface area contributed by atoms with Crippen molar-refractivity contribution >= 4 is 22.9 Å². The summed E-state index contributed by atoms with van der Waals surface area (Å²) in [5.41, 5.74) is 4.33. The number of nitro groups is 1. The number of benzene rings is 1. The molecule has 1 aliphatic carbocycles. The van der Waals surface area contributed by atoms with E-state index in [2.05, 4.69) is 10.5 Å². The Morgan fingerprint density at radius 2 is 1.90 bits per heavy atom. The zero-order valence-corrected chi connectivity index (χ0v) is 11.5.